The van der Waals surface area contributed by atoms with Crippen LogP contribution in [-0.4, -0.2) is 52.3 Å². The van der Waals surface area contributed by atoms with Gasteiger partial charge in [-0.3, -0.25) is 9.59 Å². The van der Waals surface area contributed by atoms with E-state index in [1.54, 1.807) is 0 Å². The van der Waals surface area contributed by atoms with Gasteiger partial charge in [0.05, 0.1) is 0 Å². The van der Waals surface area contributed by atoms with Crippen LogP contribution in [0.4, 0.5) is 0 Å². The Morgan fingerprint density at radius 2 is 2.33 bits per heavy atom. The molecule has 7 nitrogen and oxygen atoms in total. The summed E-state index contributed by atoms with van der Waals surface area (Å²) in [5.41, 5.74) is 7.97. The minimum absolute atomic E-state index is 0.0951. The van der Waals surface area contributed by atoms with Gasteiger partial charge in [0.25, 0.3) is 5.78 Å². The average molecular weight is 251 g/mol. The third kappa shape index (κ3) is 2.70. The molecule has 0 aliphatic carbocycles. The predicted molar refractivity (Wildman–Crippen MR) is 60.6 cm³/mol. The summed E-state index contributed by atoms with van der Waals surface area (Å²) in [6.07, 6.45) is 1.70. The minimum Gasteiger partial charge on any atom is -0.453 e. The zero-order valence-electron chi connectivity index (χ0n) is 9.96. The summed E-state index contributed by atoms with van der Waals surface area (Å²) in [6.45, 7) is 5.16. The summed E-state index contributed by atoms with van der Waals surface area (Å²) >= 11 is 0. The first-order chi connectivity index (χ1) is 8.52. The molecular formula is C11H13N3O4. The zero-order chi connectivity index (χ0) is 13.7. The molecule has 1 rings (SSSR count). The second-order valence-corrected chi connectivity index (χ2v) is 3.71. The smallest absolute Gasteiger partial charge is 0.443 e. The number of hydrogen-bond acceptors (Lipinski definition) is 4. The molecule has 0 N–H and O–H groups in total. The highest BCUT2D eigenvalue weighted by molar-refractivity contribution is 6.63. The average Bonchev–Trinajstić information content (AvgIpc) is 2.34. The molecule has 0 saturated carbocycles. The van der Waals surface area contributed by atoms with Gasteiger partial charge in [-0.05, 0) is 6.92 Å². The predicted octanol–water partition coefficient (Wildman–Crippen LogP) is -0.424. The van der Waals surface area contributed by atoms with Crippen LogP contribution in [0.5, 0.6) is 0 Å². The molecule has 1 heterocycles. The molecule has 18 heavy (non-hydrogen) atoms. The summed E-state index contributed by atoms with van der Waals surface area (Å²) in [7, 11) is 0. The molecule has 0 unspecified atom stereocenters. The summed E-state index contributed by atoms with van der Waals surface area (Å²) in [4.78, 5) is 38.4. The molecule has 0 aromatic carbocycles. The van der Waals surface area contributed by atoms with E-state index < -0.39 is 23.5 Å². The van der Waals surface area contributed by atoms with Crippen molar-refractivity contribution < 1.29 is 23.9 Å². The Balaban J connectivity index is 2.73. The van der Waals surface area contributed by atoms with Gasteiger partial charge in [0, 0.05) is 13.0 Å². The highest BCUT2D eigenvalue weighted by Crippen LogP contribution is 2.14. The summed E-state index contributed by atoms with van der Waals surface area (Å²) in [5.74, 6) is -1.96. The normalized spacial score (nSPS) is 15.2. The second kappa shape index (κ2) is 5.88. The fourth-order valence-corrected chi connectivity index (χ4v) is 1.47. The van der Waals surface area contributed by atoms with Crippen LogP contribution in [0.15, 0.2) is 12.7 Å². The summed E-state index contributed by atoms with van der Waals surface area (Å²) < 4.78 is 4.60. The summed E-state index contributed by atoms with van der Waals surface area (Å²) in [6, 6.07) is -0.839. The molecule has 96 valence electrons. The minimum atomic E-state index is -1.04. The Morgan fingerprint density at radius 3 is 2.72 bits per heavy atom. The van der Waals surface area contributed by atoms with Crippen LogP contribution in [-0.2, 0) is 19.1 Å². The highest BCUT2D eigenvalue weighted by Gasteiger charge is 2.41. The molecule has 1 fully saturated rings. The molecule has 0 bridgehead atoms. The van der Waals surface area contributed by atoms with Crippen molar-refractivity contribution in [3.63, 3.8) is 0 Å². The number of ether oxygens (including phenoxy) is 1. The molecule has 1 amide bonds. The van der Waals surface area contributed by atoms with Crippen LogP contribution in [0, 0.1) is 0 Å². The topological polar surface area (TPSA) is 100 Å². The van der Waals surface area contributed by atoms with Crippen LogP contribution in [0.1, 0.15) is 13.3 Å². The van der Waals surface area contributed by atoms with Crippen LogP contribution < -0.4 is 0 Å². The Morgan fingerprint density at radius 1 is 1.67 bits per heavy atom. The van der Waals surface area contributed by atoms with Gasteiger partial charge in [0.15, 0.2) is 0 Å². The van der Waals surface area contributed by atoms with Crippen molar-refractivity contribution >= 4 is 23.4 Å². The third-order valence-electron chi connectivity index (χ3n) is 2.59. The molecule has 1 aliphatic rings. The first-order valence-corrected chi connectivity index (χ1v) is 5.36. The van der Waals surface area contributed by atoms with Gasteiger partial charge in [-0.2, -0.15) is 4.79 Å². The van der Waals surface area contributed by atoms with E-state index in [9.17, 15) is 14.4 Å². The SMILES string of the molecule is C=CCOC(=O)C(=[N+]=[N-])C(=O)[C@@H](C)N1CCC1=O. The van der Waals surface area contributed by atoms with Crippen molar-refractivity contribution in [1.29, 1.82) is 0 Å². The fraction of sp³-hybridized carbons (Fsp3) is 0.455. The number of nitrogens with zero attached hydrogens (tertiary/aromatic N) is 3. The number of esters is 1. The molecule has 0 radical (unpaired) electrons. The molecule has 1 aliphatic heterocycles. The summed E-state index contributed by atoms with van der Waals surface area (Å²) in [5, 5.41) is 0. The number of carbonyl (C=O) groups is 3. The van der Waals surface area contributed by atoms with Crippen molar-refractivity contribution in [3.8, 4) is 0 Å². The molecule has 0 aromatic heterocycles. The maximum atomic E-state index is 11.8. The van der Waals surface area contributed by atoms with Gasteiger partial charge in [-0.1, -0.05) is 12.7 Å². The zero-order valence-corrected chi connectivity index (χ0v) is 9.96. The number of ketones is 1. The lowest BCUT2D eigenvalue weighted by atomic mass is 10.0. The maximum Gasteiger partial charge on any atom is 0.443 e. The van der Waals surface area contributed by atoms with Crippen LogP contribution >= 0.6 is 0 Å². The Labute approximate surface area is 104 Å². The van der Waals surface area contributed by atoms with Crippen LogP contribution in [0.3, 0.4) is 0 Å². The van der Waals surface area contributed by atoms with Gasteiger partial charge in [0.1, 0.15) is 12.6 Å². The number of Topliss-reactive ketones (excluding diaryl/α,β-unsaturated/α-hetero) is 1. The molecule has 1 saturated heterocycles. The standard InChI is InChI=1S/C11H13N3O4/c1-3-6-18-11(17)9(13-12)10(16)7(2)14-5-4-8(14)15/h3,7H,1,4-6H2,2H3/t7-/m1/s1. The second-order valence-electron chi connectivity index (χ2n) is 3.71. The van der Waals surface area contributed by atoms with Crippen molar-refractivity contribution in [1.82, 2.24) is 4.90 Å². The molecule has 0 aromatic rings. The van der Waals surface area contributed by atoms with E-state index in [4.69, 9.17) is 5.53 Å². The lowest BCUT2D eigenvalue weighted by Crippen LogP contribution is -2.54. The first-order valence-electron chi connectivity index (χ1n) is 5.36. The van der Waals surface area contributed by atoms with Crippen molar-refractivity contribution in [2.45, 2.75) is 19.4 Å². The number of amides is 1. The molecule has 0 spiro atoms. The molecular weight excluding hydrogens is 238 g/mol. The quantitative estimate of drug-likeness (QED) is 0.122. The maximum absolute atomic E-state index is 11.8. The molecule has 7 heteroatoms. The van der Waals surface area contributed by atoms with Gasteiger partial charge >= 0.3 is 11.7 Å². The van der Waals surface area contributed by atoms with E-state index in [-0.39, 0.29) is 12.5 Å². The lowest BCUT2D eigenvalue weighted by molar-refractivity contribution is -0.148. The van der Waals surface area contributed by atoms with E-state index in [0.29, 0.717) is 13.0 Å². The number of hydrogen-bond donors (Lipinski definition) is 0. The monoisotopic (exact) mass is 251 g/mol. The Bertz CT molecular complexity index is 451. The lowest BCUT2D eigenvalue weighted by Gasteiger charge is -2.34. The number of β-lactam (4-membered cyclic amide) rings is 1. The fourth-order valence-electron chi connectivity index (χ4n) is 1.47. The van der Waals surface area contributed by atoms with Crippen LogP contribution in [0.25, 0.3) is 5.53 Å². The van der Waals surface area contributed by atoms with E-state index in [1.807, 2.05) is 0 Å². The van der Waals surface area contributed by atoms with Crippen LogP contribution in [0.2, 0.25) is 0 Å². The van der Waals surface area contributed by atoms with E-state index in [1.165, 1.54) is 17.9 Å². The van der Waals surface area contributed by atoms with Crippen molar-refractivity contribution in [3.05, 3.63) is 18.2 Å². The van der Waals surface area contributed by atoms with E-state index in [0.717, 1.165) is 0 Å². The number of carbonyl (C=O) groups excluding carboxylic acids is 3. The van der Waals surface area contributed by atoms with E-state index in [2.05, 4.69) is 16.1 Å². The highest BCUT2D eigenvalue weighted by atomic mass is 16.5. The Hall–Kier alpha value is -2.27. The van der Waals surface area contributed by atoms with Gasteiger partial charge in [0.2, 0.25) is 5.91 Å². The number of rotatable bonds is 6. The molecule has 1 atom stereocenters. The Kier molecular flexibility index (Phi) is 4.51. The van der Waals surface area contributed by atoms with Crippen molar-refractivity contribution in [2.75, 3.05) is 13.2 Å². The first kappa shape index (κ1) is 13.8. The number of likely N-dealkylation sites (tertiary alicyclic amines) is 1. The van der Waals surface area contributed by atoms with Gasteiger partial charge in [-0.15, -0.1) is 0 Å². The van der Waals surface area contributed by atoms with Crippen molar-refractivity contribution in [2.24, 2.45) is 0 Å². The van der Waals surface area contributed by atoms with E-state index >= 15 is 0 Å². The third-order valence-corrected chi connectivity index (χ3v) is 2.59. The largest absolute Gasteiger partial charge is 0.453 e. The van der Waals surface area contributed by atoms with Gasteiger partial charge < -0.3 is 15.2 Å². The van der Waals surface area contributed by atoms with Gasteiger partial charge in [-0.25, -0.2) is 4.79 Å².